The first kappa shape index (κ1) is 18.8. The first-order valence-electron chi connectivity index (χ1n) is 9.33. The lowest BCUT2D eigenvalue weighted by molar-refractivity contribution is -0.132. The summed E-state index contributed by atoms with van der Waals surface area (Å²) in [6, 6.07) is 5.51. The van der Waals surface area contributed by atoms with E-state index in [4.69, 9.17) is 0 Å². The minimum Gasteiger partial charge on any atom is -0.342 e. The largest absolute Gasteiger partial charge is 0.342 e. The van der Waals surface area contributed by atoms with Crippen LogP contribution >= 0.6 is 0 Å². The van der Waals surface area contributed by atoms with Gasteiger partial charge in [0.2, 0.25) is 11.8 Å². The zero-order valence-electron chi connectivity index (χ0n) is 15.3. The maximum atomic E-state index is 12.9. The van der Waals surface area contributed by atoms with E-state index in [1.807, 2.05) is 11.8 Å². The molecule has 3 rings (SSSR count). The van der Waals surface area contributed by atoms with Gasteiger partial charge >= 0.3 is 0 Å². The molecule has 2 fully saturated rings. The number of amides is 2. The molecule has 2 aliphatic rings. The van der Waals surface area contributed by atoms with Gasteiger partial charge in [-0.1, -0.05) is 0 Å². The Balaban J connectivity index is 1.43. The van der Waals surface area contributed by atoms with Crippen LogP contribution in [-0.4, -0.2) is 78.4 Å². The van der Waals surface area contributed by atoms with Crippen molar-refractivity contribution in [3.8, 4) is 0 Å². The van der Waals surface area contributed by atoms with Crippen molar-refractivity contribution < 1.29 is 14.0 Å². The fourth-order valence-electron chi connectivity index (χ4n) is 3.51. The van der Waals surface area contributed by atoms with E-state index in [0.717, 1.165) is 52.1 Å². The van der Waals surface area contributed by atoms with Gasteiger partial charge in [-0.2, -0.15) is 0 Å². The summed E-state index contributed by atoms with van der Waals surface area (Å²) >= 11 is 0. The van der Waals surface area contributed by atoms with E-state index in [1.54, 1.807) is 12.1 Å². The molecule has 2 heterocycles. The Hall–Kier alpha value is -1.99. The van der Waals surface area contributed by atoms with Crippen molar-refractivity contribution in [3.63, 3.8) is 0 Å². The molecule has 0 aromatic heterocycles. The van der Waals surface area contributed by atoms with Gasteiger partial charge in [0, 0.05) is 45.0 Å². The summed E-state index contributed by atoms with van der Waals surface area (Å²) < 4.78 is 12.9. The monoisotopic (exact) mass is 362 g/mol. The van der Waals surface area contributed by atoms with Crippen molar-refractivity contribution in [1.29, 1.82) is 0 Å². The number of piperazine rings is 1. The third-order valence-electron chi connectivity index (χ3n) is 5.26. The summed E-state index contributed by atoms with van der Waals surface area (Å²) in [7, 11) is 0. The Morgan fingerprint density at radius 3 is 2.27 bits per heavy atom. The van der Waals surface area contributed by atoms with Crippen LogP contribution in [0.25, 0.3) is 0 Å². The number of nitrogens with one attached hydrogen (secondary N) is 1. The van der Waals surface area contributed by atoms with Crippen molar-refractivity contribution in [1.82, 2.24) is 14.7 Å². The van der Waals surface area contributed by atoms with Crippen LogP contribution in [0.2, 0.25) is 0 Å². The molecule has 1 atom stereocenters. The van der Waals surface area contributed by atoms with Crippen LogP contribution in [0.4, 0.5) is 10.1 Å². The molecule has 1 aromatic carbocycles. The van der Waals surface area contributed by atoms with Crippen molar-refractivity contribution >= 4 is 17.5 Å². The normalized spacial score (nSPS) is 20.2. The Morgan fingerprint density at radius 2 is 1.65 bits per heavy atom. The number of carbonyl (C=O) groups is 2. The second-order valence-corrected chi connectivity index (χ2v) is 7.07. The maximum Gasteiger partial charge on any atom is 0.241 e. The van der Waals surface area contributed by atoms with Gasteiger partial charge in [0.25, 0.3) is 0 Å². The summed E-state index contributed by atoms with van der Waals surface area (Å²) in [6.07, 6.45) is 2.22. The summed E-state index contributed by atoms with van der Waals surface area (Å²) in [5, 5.41) is 2.83. The molecule has 1 N–H and O–H groups in total. The molecule has 0 radical (unpaired) electrons. The van der Waals surface area contributed by atoms with E-state index in [-0.39, 0.29) is 23.7 Å². The van der Waals surface area contributed by atoms with Gasteiger partial charge in [0.05, 0.1) is 12.6 Å². The third kappa shape index (κ3) is 4.80. The van der Waals surface area contributed by atoms with Crippen LogP contribution in [0.15, 0.2) is 24.3 Å². The SMILES string of the molecule is CC(C(=O)Nc1ccc(F)cc1)N1CCN(CC(=O)N2CCCC2)CC1. The zero-order valence-corrected chi connectivity index (χ0v) is 15.3. The molecule has 26 heavy (non-hydrogen) atoms. The summed E-state index contributed by atoms with van der Waals surface area (Å²) in [5.74, 6) is -0.202. The van der Waals surface area contributed by atoms with E-state index in [2.05, 4.69) is 15.1 Å². The molecule has 0 spiro atoms. The number of carbonyl (C=O) groups excluding carboxylic acids is 2. The highest BCUT2D eigenvalue weighted by Gasteiger charge is 2.27. The van der Waals surface area contributed by atoms with Gasteiger partial charge in [0.1, 0.15) is 5.82 Å². The summed E-state index contributed by atoms with van der Waals surface area (Å²) in [5.41, 5.74) is 0.595. The molecule has 7 heteroatoms. The molecule has 0 saturated carbocycles. The Bertz CT molecular complexity index is 623. The average molecular weight is 362 g/mol. The minimum absolute atomic E-state index is 0.0989. The van der Waals surface area contributed by atoms with Crippen LogP contribution < -0.4 is 5.32 Å². The Morgan fingerprint density at radius 1 is 1.04 bits per heavy atom. The molecule has 1 unspecified atom stereocenters. The highest BCUT2D eigenvalue weighted by molar-refractivity contribution is 5.94. The van der Waals surface area contributed by atoms with Crippen LogP contribution in [0.3, 0.4) is 0 Å². The van der Waals surface area contributed by atoms with E-state index in [9.17, 15) is 14.0 Å². The summed E-state index contributed by atoms with van der Waals surface area (Å²) in [6.45, 7) is 7.21. The van der Waals surface area contributed by atoms with Crippen LogP contribution in [-0.2, 0) is 9.59 Å². The van der Waals surface area contributed by atoms with Crippen molar-refractivity contribution in [2.24, 2.45) is 0 Å². The lowest BCUT2D eigenvalue weighted by Gasteiger charge is -2.37. The maximum absolute atomic E-state index is 12.9. The van der Waals surface area contributed by atoms with E-state index < -0.39 is 0 Å². The van der Waals surface area contributed by atoms with E-state index >= 15 is 0 Å². The van der Waals surface area contributed by atoms with Gasteiger partial charge in [0.15, 0.2) is 0 Å². The highest BCUT2D eigenvalue weighted by atomic mass is 19.1. The van der Waals surface area contributed by atoms with Crippen LogP contribution in [0, 0.1) is 5.82 Å². The number of hydrogen-bond acceptors (Lipinski definition) is 4. The average Bonchev–Trinajstić information content (AvgIpc) is 3.18. The van der Waals surface area contributed by atoms with Gasteiger partial charge in [-0.05, 0) is 44.0 Å². The molecule has 6 nitrogen and oxygen atoms in total. The van der Waals surface area contributed by atoms with Crippen molar-refractivity contribution in [2.45, 2.75) is 25.8 Å². The number of likely N-dealkylation sites (tertiary alicyclic amines) is 1. The molecule has 2 aliphatic heterocycles. The summed E-state index contributed by atoms with van der Waals surface area (Å²) in [4.78, 5) is 30.9. The Labute approximate surface area is 153 Å². The van der Waals surface area contributed by atoms with Crippen LogP contribution in [0.5, 0.6) is 0 Å². The predicted octanol–water partition coefficient (Wildman–Crippen LogP) is 1.39. The fraction of sp³-hybridized carbons (Fsp3) is 0.579. The first-order valence-corrected chi connectivity index (χ1v) is 9.33. The van der Waals surface area contributed by atoms with Gasteiger partial charge in [-0.25, -0.2) is 4.39 Å². The molecular formula is C19H27FN4O2. The second kappa shape index (κ2) is 8.60. The highest BCUT2D eigenvalue weighted by Crippen LogP contribution is 2.13. The van der Waals surface area contributed by atoms with E-state index in [0.29, 0.717) is 12.2 Å². The molecule has 142 valence electrons. The number of rotatable bonds is 5. The van der Waals surface area contributed by atoms with Gasteiger partial charge in [-0.3, -0.25) is 19.4 Å². The number of benzene rings is 1. The minimum atomic E-state index is -0.323. The van der Waals surface area contributed by atoms with Crippen molar-refractivity contribution in [2.75, 3.05) is 51.1 Å². The topological polar surface area (TPSA) is 55.9 Å². The van der Waals surface area contributed by atoms with Gasteiger partial charge < -0.3 is 10.2 Å². The molecule has 2 amide bonds. The Kier molecular flexibility index (Phi) is 6.21. The first-order chi connectivity index (χ1) is 12.5. The lowest BCUT2D eigenvalue weighted by Crippen LogP contribution is -2.54. The predicted molar refractivity (Wildman–Crippen MR) is 98.3 cm³/mol. The molecule has 2 saturated heterocycles. The number of nitrogens with zero attached hydrogens (tertiary/aromatic N) is 3. The standard InChI is InChI=1S/C19H27FN4O2/c1-15(19(26)21-17-6-4-16(20)5-7-17)23-12-10-22(11-13-23)14-18(25)24-8-2-3-9-24/h4-7,15H,2-3,8-14H2,1H3,(H,21,26). The quantitative estimate of drug-likeness (QED) is 0.860. The smallest absolute Gasteiger partial charge is 0.241 e. The van der Waals surface area contributed by atoms with Crippen molar-refractivity contribution in [3.05, 3.63) is 30.1 Å². The fourth-order valence-corrected chi connectivity index (χ4v) is 3.51. The number of hydrogen-bond donors (Lipinski definition) is 1. The molecule has 1 aromatic rings. The third-order valence-corrected chi connectivity index (χ3v) is 5.26. The lowest BCUT2D eigenvalue weighted by atomic mass is 10.2. The number of halogens is 1. The molecule has 0 aliphatic carbocycles. The molecular weight excluding hydrogens is 335 g/mol. The molecule has 0 bridgehead atoms. The van der Waals surface area contributed by atoms with Crippen LogP contribution in [0.1, 0.15) is 19.8 Å². The second-order valence-electron chi connectivity index (χ2n) is 7.07. The van der Waals surface area contributed by atoms with E-state index in [1.165, 1.54) is 12.1 Å². The zero-order chi connectivity index (χ0) is 18.5. The number of anilines is 1. The van der Waals surface area contributed by atoms with Gasteiger partial charge in [-0.15, -0.1) is 0 Å².